The van der Waals surface area contributed by atoms with Crippen LogP contribution in [0.15, 0.2) is 110 Å². The highest BCUT2D eigenvalue weighted by Gasteiger charge is 2.55. The first kappa shape index (κ1) is 84.3. The smallest absolute Gasteiger partial charge is 0.207 e. The summed E-state index contributed by atoms with van der Waals surface area (Å²) in [5, 5.41) is 0. The highest BCUT2D eigenvalue weighted by Crippen LogP contribution is 2.35. The van der Waals surface area contributed by atoms with Crippen molar-refractivity contribution in [1.29, 1.82) is 0 Å². The zero-order valence-corrected chi connectivity index (χ0v) is 53.6. The Morgan fingerprint density at radius 3 is 0.351 bits per heavy atom. The summed E-state index contributed by atoms with van der Waals surface area (Å²) in [6.07, 6.45) is -6.03. The van der Waals surface area contributed by atoms with Crippen LogP contribution in [0.3, 0.4) is 0 Å². The van der Waals surface area contributed by atoms with E-state index in [0.29, 0.717) is 0 Å². The first-order valence-electron chi connectivity index (χ1n) is 29.9. The molecule has 0 aliphatic carbocycles. The molecule has 0 aliphatic heterocycles. The number of halogens is 40. The number of para-hydroxylation sites is 2. The molecule has 2 heterocycles. The van der Waals surface area contributed by atoms with E-state index in [0.717, 1.165) is 0 Å². The minimum atomic E-state index is -7.22. The molecule has 0 radical (unpaired) electrons. The van der Waals surface area contributed by atoms with Gasteiger partial charge in [0.25, 0.3) is 0 Å². The fourth-order valence-electron chi connectivity index (χ4n) is 12.5. The van der Waals surface area contributed by atoms with Crippen LogP contribution < -0.4 is 52.8 Å². The van der Waals surface area contributed by atoms with Gasteiger partial charge in [-0.05, 0) is 11.1 Å². The van der Waals surface area contributed by atoms with E-state index in [-0.39, 0.29) is 0 Å². The van der Waals surface area contributed by atoms with Crippen molar-refractivity contribution in [3.05, 3.63) is 342 Å². The van der Waals surface area contributed by atoms with Gasteiger partial charge in [0.2, 0.25) is 11.4 Å². The molecule has 0 spiro atoms. The average molecular weight is 1670 g/mol. The first-order valence-corrected chi connectivity index (χ1v) is 29.9. The Balaban J connectivity index is 0.000000189. The lowest BCUT2D eigenvalue weighted by Crippen LogP contribution is -2.81. The van der Waals surface area contributed by atoms with E-state index in [9.17, 15) is 105 Å². The number of pyridine rings is 2. The standard InChI is InChI=1S/2C24BF20.C22H18N2/c2*26-5-1(6(27)14(35)21(42)13(5)34)25(2-7(28)15(36)22(43)16(37)8(2)29,3-9(30)17(38)23(44)18(39)10(3)31)4-11(32)19(40)24(45)20(41)12(4)33;1-3-7-21(8-4-1)23-15-11-19(12-16-23)20-13-17-24(18-14-20)22-9-5-2-6-10-22/h;;1-18H/q2*-1;+2. The van der Waals surface area contributed by atoms with Gasteiger partial charge in [-0.15, -0.1) is 43.7 Å². The molecule has 0 atom stereocenters. The van der Waals surface area contributed by atoms with Crippen LogP contribution in [0.4, 0.5) is 176 Å². The maximum atomic E-state index is 15.4. The van der Waals surface area contributed by atoms with Crippen molar-refractivity contribution >= 4 is 56.0 Å². The molecule has 0 amide bonds. The molecule has 12 aromatic rings. The van der Waals surface area contributed by atoms with Gasteiger partial charge in [-0.25, -0.2) is 176 Å². The van der Waals surface area contributed by atoms with Gasteiger partial charge < -0.3 is 0 Å². The number of aromatic nitrogens is 2. The van der Waals surface area contributed by atoms with Crippen molar-refractivity contribution in [2.45, 2.75) is 0 Å². The van der Waals surface area contributed by atoms with Crippen LogP contribution in [0.25, 0.3) is 22.5 Å². The van der Waals surface area contributed by atoms with Crippen LogP contribution in [-0.2, 0) is 0 Å². The lowest BCUT2D eigenvalue weighted by molar-refractivity contribution is -0.596. The van der Waals surface area contributed by atoms with E-state index < -0.39 is 289 Å². The maximum absolute atomic E-state index is 15.4. The number of benzene rings is 10. The van der Waals surface area contributed by atoms with Gasteiger partial charge in [-0.1, -0.05) is 36.4 Å². The molecule has 10 aromatic carbocycles. The fraction of sp³-hybridized carbons (Fsp3) is 0. The second-order valence-electron chi connectivity index (χ2n) is 23.3. The highest BCUT2D eigenvalue weighted by atomic mass is 19.2. The topological polar surface area (TPSA) is 7.76 Å². The Kier molecular flexibility index (Phi) is 23.0. The fourth-order valence-corrected chi connectivity index (χ4v) is 12.5. The van der Waals surface area contributed by atoms with E-state index in [2.05, 4.69) is 107 Å². The van der Waals surface area contributed by atoms with Gasteiger partial charge in [-0.2, -0.15) is 9.13 Å². The van der Waals surface area contributed by atoms with Crippen molar-refractivity contribution < 1.29 is 185 Å². The SMILES string of the molecule is Fc1c(F)c(F)c([B-](c2c(F)c(F)c(F)c(F)c2F)(c2c(F)c(F)c(F)c(F)c2F)c2c(F)c(F)c(F)c(F)c2F)c(F)c1F.Fc1c(F)c(F)c([B-](c2c(F)c(F)c(F)c(F)c2F)(c2c(F)c(F)c(F)c(F)c2F)c2c(F)c(F)c(F)c(F)c2F)c(F)c1F.c1ccc(-[n+]2ccc(-c3cc[n+](-c4ccccc4)cc3)cc2)cc1. The monoisotopic (exact) mass is 1670 g/mol. The summed E-state index contributed by atoms with van der Waals surface area (Å²) < 4.78 is 592. The summed E-state index contributed by atoms with van der Waals surface area (Å²) >= 11 is 0. The van der Waals surface area contributed by atoms with E-state index >= 15 is 70.2 Å². The van der Waals surface area contributed by atoms with Crippen LogP contribution in [0.2, 0.25) is 0 Å². The zero-order chi connectivity index (χ0) is 84.9. The summed E-state index contributed by atoms with van der Waals surface area (Å²) in [4.78, 5) is 0. The molecular weight excluding hydrogens is 1650 g/mol. The molecule has 0 fully saturated rings. The second kappa shape index (κ2) is 31.1. The van der Waals surface area contributed by atoms with Crippen molar-refractivity contribution in [2.24, 2.45) is 0 Å². The summed E-state index contributed by atoms with van der Waals surface area (Å²) in [5.41, 5.74) is -23.9. The van der Waals surface area contributed by atoms with E-state index in [1.54, 1.807) is 0 Å². The van der Waals surface area contributed by atoms with Gasteiger partial charge >= 0.3 is 0 Å². The number of hydrogen-bond acceptors (Lipinski definition) is 0. The van der Waals surface area contributed by atoms with Crippen LogP contribution in [0.1, 0.15) is 0 Å². The number of rotatable bonds is 11. The summed E-state index contributed by atoms with van der Waals surface area (Å²) in [6.45, 7) is 0. The van der Waals surface area contributed by atoms with Gasteiger partial charge in [0.15, 0.2) is 164 Å². The Bertz CT molecular complexity index is 4830. The maximum Gasteiger partial charge on any atom is 0.210 e. The molecule has 2 nitrogen and oxygen atoms in total. The molecule has 114 heavy (non-hydrogen) atoms. The largest absolute Gasteiger partial charge is 0.210 e. The third-order valence-electron chi connectivity index (χ3n) is 17.5. The molecule has 0 N–H and O–H groups in total. The third-order valence-corrected chi connectivity index (χ3v) is 17.5. The highest BCUT2D eigenvalue weighted by molar-refractivity contribution is 7.21. The minimum absolute atomic E-state index is 1.17. The van der Waals surface area contributed by atoms with E-state index in [1.165, 1.54) is 22.5 Å². The quantitative estimate of drug-likeness (QED) is 0.0401. The third kappa shape index (κ3) is 12.8. The summed E-state index contributed by atoms with van der Waals surface area (Å²) in [5.74, 6) is -143. The molecule has 0 aliphatic rings. The predicted octanol–water partition coefficient (Wildman–Crippen LogP) is 15.6. The minimum Gasteiger partial charge on any atom is -0.207 e. The van der Waals surface area contributed by atoms with Crippen LogP contribution in [0, 0.1) is 233 Å². The Labute approximate surface area is 604 Å². The molecule has 0 saturated heterocycles. The van der Waals surface area contributed by atoms with Crippen LogP contribution >= 0.6 is 0 Å². The Hall–Kier alpha value is -12.2. The van der Waals surface area contributed by atoms with Gasteiger partial charge in [-0.3, -0.25) is 0 Å². The molecule has 2 aromatic heterocycles. The van der Waals surface area contributed by atoms with Crippen LogP contribution in [-0.4, -0.2) is 12.3 Å². The summed E-state index contributed by atoms with van der Waals surface area (Å²) in [6, 6.07) is 29.3. The number of nitrogens with zero attached hydrogens (tertiary/aromatic N) is 2. The lowest BCUT2D eigenvalue weighted by Gasteiger charge is -2.44. The normalized spacial score (nSPS) is 11.7. The van der Waals surface area contributed by atoms with E-state index in [4.69, 9.17) is 0 Å². The molecule has 0 bridgehead atoms. The van der Waals surface area contributed by atoms with Gasteiger partial charge in [0, 0.05) is 48.5 Å². The Morgan fingerprint density at radius 2 is 0.237 bits per heavy atom. The molecule has 594 valence electrons. The van der Waals surface area contributed by atoms with Crippen molar-refractivity contribution in [3.63, 3.8) is 0 Å². The first-order chi connectivity index (χ1) is 53.3. The zero-order valence-electron chi connectivity index (χ0n) is 53.6. The average Bonchev–Trinajstić information content (AvgIpc) is 0.685. The molecule has 0 unspecified atom stereocenters. The number of hydrogen-bond donors (Lipinski definition) is 0. The van der Waals surface area contributed by atoms with Gasteiger partial charge in [0.05, 0.1) is 0 Å². The molecule has 12 rings (SSSR count). The van der Waals surface area contributed by atoms with Crippen LogP contribution in [0.5, 0.6) is 0 Å². The van der Waals surface area contributed by atoms with E-state index in [1.807, 2.05) is 12.1 Å². The van der Waals surface area contributed by atoms with Gasteiger partial charge in [0.1, 0.15) is 105 Å². The lowest BCUT2D eigenvalue weighted by atomic mass is 9.12. The Morgan fingerprint density at radius 1 is 0.132 bits per heavy atom. The summed E-state index contributed by atoms with van der Waals surface area (Å²) in [7, 11) is 0. The predicted molar refractivity (Wildman–Crippen MR) is 313 cm³/mol. The van der Waals surface area contributed by atoms with Crippen molar-refractivity contribution in [1.82, 2.24) is 0 Å². The second-order valence-corrected chi connectivity index (χ2v) is 23.3. The molecular formula is C70H18B2F40N2. The molecule has 44 heteroatoms. The van der Waals surface area contributed by atoms with Crippen molar-refractivity contribution in [2.75, 3.05) is 0 Å². The molecule has 0 saturated carbocycles. The van der Waals surface area contributed by atoms with Crippen molar-refractivity contribution in [3.8, 4) is 22.5 Å².